The van der Waals surface area contributed by atoms with Crippen molar-refractivity contribution in [1.29, 1.82) is 0 Å². The second-order valence-corrected chi connectivity index (χ2v) is 8.15. The summed E-state index contributed by atoms with van der Waals surface area (Å²) in [6.07, 6.45) is 0. The number of anilines is 1. The highest BCUT2D eigenvalue weighted by molar-refractivity contribution is 7.86. The molecule has 10 nitrogen and oxygen atoms in total. The molecule has 2 rings (SSSR count). The topological polar surface area (TPSA) is 144 Å². The molecule has 2 N–H and O–H groups in total. The number of hydrogen-bond donors (Lipinski definition) is 2. The summed E-state index contributed by atoms with van der Waals surface area (Å²) in [7, 11) is -1.84. The van der Waals surface area contributed by atoms with Crippen LogP contribution in [-0.4, -0.2) is 44.9 Å². The number of ether oxygens (including phenoxy) is 2. The molecule has 12 heteroatoms. The Hall–Kier alpha value is -3.02. The van der Waals surface area contributed by atoms with Gasteiger partial charge in [0.15, 0.2) is 5.78 Å². The Morgan fingerprint density at radius 2 is 1.77 bits per heavy atom. The van der Waals surface area contributed by atoms with Crippen molar-refractivity contribution in [3.05, 3.63) is 40.9 Å². The van der Waals surface area contributed by atoms with E-state index in [1.54, 1.807) is 6.92 Å². The lowest BCUT2D eigenvalue weighted by Gasteiger charge is -2.14. The normalized spacial score (nSPS) is 12.5. The Balaban J connectivity index is 2.39. The summed E-state index contributed by atoms with van der Waals surface area (Å²) in [6, 6.07) is 5.26. The van der Waals surface area contributed by atoms with Crippen LogP contribution in [0.3, 0.4) is 0 Å². The molecule has 0 aliphatic rings. The second kappa shape index (κ2) is 9.86. The summed E-state index contributed by atoms with van der Waals surface area (Å²) >= 11 is 6.04. The lowest BCUT2D eigenvalue weighted by atomic mass is 10.2. The summed E-state index contributed by atoms with van der Waals surface area (Å²) in [4.78, 5) is 24.2. The largest absolute Gasteiger partial charge is 0.495 e. The molecule has 0 saturated carbocycles. The Labute approximate surface area is 184 Å². The summed E-state index contributed by atoms with van der Waals surface area (Å²) in [5.41, 5.74) is 0.498. The Kier molecular flexibility index (Phi) is 7.71. The van der Waals surface area contributed by atoms with Crippen molar-refractivity contribution in [2.24, 2.45) is 10.2 Å². The molecule has 31 heavy (non-hydrogen) atoms. The van der Waals surface area contributed by atoms with Gasteiger partial charge in [-0.3, -0.25) is 14.1 Å². The summed E-state index contributed by atoms with van der Waals surface area (Å²) in [5, 5.41) is 10.2. The van der Waals surface area contributed by atoms with E-state index in [0.717, 1.165) is 6.92 Å². The molecule has 0 aliphatic heterocycles. The van der Waals surface area contributed by atoms with Crippen LogP contribution >= 0.6 is 11.6 Å². The molecular weight excluding hydrogens is 450 g/mol. The van der Waals surface area contributed by atoms with Crippen molar-refractivity contribution in [3.8, 4) is 11.5 Å². The van der Waals surface area contributed by atoms with E-state index in [1.165, 1.54) is 44.6 Å². The van der Waals surface area contributed by atoms with Crippen molar-refractivity contribution in [2.75, 3.05) is 19.5 Å². The molecule has 0 saturated heterocycles. The number of aryl methyl sites for hydroxylation is 1. The minimum atomic E-state index is -4.60. The minimum Gasteiger partial charge on any atom is -0.495 e. The highest BCUT2D eigenvalue weighted by atomic mass is 35.5. The SMILES string of the molecule is COc1cc(NC(=O)C(N=Nc2ccc(C)cc2S(=O)(=O)O)C(C)=O)c(OC)cc1Cl. The van der Waals surface area contributed by atoms with Gasteiger partial charge >= 0.3 is 0 Å². The van der Waals surface area contributed by atoms with Crippen molar-refractivity contribution in [2.45, 2.75) is 24.8 Å². The number of benzene rings is 2. The van der Waals surface area contributed by atoms with Gasteiger partial charge in [-0.25, -0.2) is 0 Å². The van der Waals surface area contributed by atoms with Crippen LogP contribution < -0.4 is 14.8 Å². The number of amides is 1. The number of azo groups is 1. The fourth-order valence-electron chi connectivity index (χ4n) is 2.51. The molecule has 0 aromatic heterocycles. The Bertz CT molecular complexity index is 1150. The van der Waals surface area contributed by atoms with Crippen LogP contribution in [0.5, 0.6) is 11.5 Å². The molecule has 166 valence electrons. The second-order valence-electron chi connectivity index (χ2n) is 6.35. The van der Waals surface area contributed by atoms with E-state index < -0.39 is 32.7 Å². The van der Waals surface area contributed by atoms with Gasteiger partial charge in [-0.1, -0.05) is 17.7 Å². The number of nitrogens with zero attached hydrogens (tertiary/aromatic N) is 2. The summed E-state index contributed by atoms with van der Waals surface area (Å²) in [6.45, 7) is 2.75. The fraction of sp³-hybridized carbons (Fsp3) is 0.263. The van der Waals surface area contributed by atoms with Gasteiger partial charge in [-0.05, 0) is 31.5 Å². The first-order valence-corrected chi connectivity index (χ1v) is 10.5. The van der Waals surface area contributed by atoms with Gasteiger partial charge in [0, 0.05) is 12.1 Å². The molecular formula is C19H20ClN3O7S. The predicted molar refractivity (Wildman–Crippen MR) is 113 cm³/mol. The zero-order valence-corrected chi connectivity index (χ0v) is 18.6. The van der Waals surface area contributed by atoms with Crippen molar-refractivity contribution in [3.63, 3.8) is 0 Å². The van der Waals surface area contributed by atoms with E-state index in [1.807, 2.05) is 0 Å². The first-order chi connectivity index (χ1) is 14.5. The number of hydrogen-bond acceptors (Lipinski definition) is 8. The van der Waals surface area contributed by atoms with E-state index in [4.69, 9.17) is 21.1 Å². The third kappa shape index (κ3) is 6.00. The zero-order chi connectivity index (χ0) is 23.3. The molecule has 1 unspecified atom stereocenters. The quantitative estimate of drug-likeness (QED) is 0.341. The van der Waals surface area contributed by atoms with Gasteiger partial charge in [0.25, 0.3) is 16.0 Å². The van der Waals surface area contributed by atoms with Gasteiger partial charge < -0.3 is 14.8 Å². The molecule has 2 aromatic carbocycles. The van der Waals surface area contributed by atoms with Crippen LogP contribution in [0, 0.1) is 6.92 Å². The van der Waals surface area contributed by atoms with E-state index >= 15 is 0 Å². The molecule has 0 aliphatic carbocycles. The average molecular weight is 470 g/mol. The van der Waals surface area contributed by atoms with Gasteiger partial charge in [-0.2, -0.15) is 18.6 Å². The Morgan fingerprint density at radius 3 is 2.32 bits per heavy atom. The number of carbonyl (C=O) groups is 2. The number of methoxy groups -OCH3 is 2. The molecule has 1 atom stereocenters. The van der Waals surface area contributed by atoms with Crippen LogP contribution in [0.25, 0.3) is 0 Å². The smallest absolute Gasteiger partial charge is 0.296 e. The number of halogens is 1. The van der Waals surface area contributed by atoms with E-state index in [0.29, 0.717) is 5.56 Å². The monoisotopic (exact) mass is 469 g/mol. The summed E-state index contributed by atoms with van der Waals surface area (Å²) < 4.78 is 42.8. The van der Waals surface area contributed by atoms with Gasteiger partial charge in [0.1, 0.15) is 22.1 Å². The molecule has 2 aromatic rings. The van der Waals surface area contributed by atoms with Gasteiger partial charge in [0.2, 0.25) is 6.04 Å². The van der Waals surface area contributed by atoms with Crippen molar-refractivity contribution < 1.29 is 32.0 Å². The van der Waals surface area contributed by atoms with Gasteiger partial charge in [-0.15, -0.1) is 0 Å². The molecule has 0 fully saturated rings. The number of rotatable bonds is 8. The van der Waals surface area contributed by atoms with Crippen LogP contribution in [0.2, 0.25) is 5.02 Å². The molecule has 0 bridgehead atoms. The minimum absolute atomic E-state index is 0.171. The van der Waals surface area contributed by atoms with Crippen LogP contribution in [0.15, 0.2) is 45.5 Å². The number of carbonyl (C=O) groups excluding carboxylic acids is 2. The third-order valence-electron chi connectivity index (χ3n) is 4.04. The average Bonchev–Trinajstić information content (AvgIpc) is 2.69. The molecule has 0 heterocycles. The number of nitrogens with one attached hydrogen (secondary N) is 1. The lowest BCUT2D eigenvalue weighted by molar-refractivity contribution is -0.126. The standard InChI is InChI=1S/C19H20ClN3O7S/c1-10-5-6-13(17(7-10)31(26,27)28)22-23-18(11(2)24)19(25)21-14-9-15(29-3)12(20)8-16(14)30-4/h5-9,18H,1-4H3,(H,21,25)(H,26,27,28). The maximum Gasteiger partial charge on any atom is 0.296 e. The molecule has 0 spiro atoms. The van der Waals surface area contributed by atoms with Crippen molar-refractivity contribution in [1.82, 2.24) is 0 Å². The van der Waals surface area contributed by atoms with Crippen LogP contribution in [0.4, 0.5) is 11.4 Å². The van der Waals surface area contributed by atoms with Crippen LogP contribution in [0.1, 0.15) is 12.5 Å². The molecule has 0 radical (unpaired) electrons. The lowest BCUT2D eigenvalue weighted by Crippen LogP contribution is -2.32. The summed E-state index contributed by atoms with van der Waals surface area (Å²) in [5.74, 6) is -1.03. The van der Waals surface area contributed by atoms with Crippen molar-refractivity contribution >= 4 is 44.8 Å². The molecule has 1 amide bonds. The third-order valence-corrected chi connectivity index (χ3v) is 5.22. The number of ketones is 1. The van der Waals surface area contributed by atoms with E-state index in [9.17, 15) is 22.6 Å². The maximum absolute atomic E-state index is 12.7. The first kappa shape index (κ1) is 24.3. The predicted octanol–water partition coefficient (Wildman–Crippen LogP) is 3.59. The van der Waals surface area contributed by atoms with Gasteiger partial charge in [0.05, 0.1) is 24.9 Å². The Morgan fingerprint density at radius 1 is 1.13 bits per heavy atom. The number of Topliss-reactive ketones (excluding diaryl/α,β-unsaturated/α-hetero) is 1. The fourth-order valence-corrected chi connectivity index (χ4v) is 3.45. The van der Waals surface area contributed by atoms with E-state index in [2.05, 4.69) is 15.5 Å². The maximum atomic E-state index is 12.7. The zero-order valence-electron chi connectivity index (χ0n) is 17.0. The highest BCUT2D eigenvalue weighted by Gasteiger charge is 2.25. The highest BCUT2D eigenvalue weighted by Crippen LogP contribution is 2.36. The first-order valence-electron chi connectivity index (χ1n) is 8.69. The van der Waals surface area contributed by atoms with E-state index in [-0.39, 0.29) is 27.9 Å². The van der Waals surface area contributed by atoms with Crippen LogP contribution in [-0.2, 0) is 19.7 Å².